The molecule has 108 valence electrons. The lowest BCUT2D eigenvalue weighted by molar-refractivity contribution is 0.425. The molecule has 0 aliphatic carbocycles. The highest BCUT2D eigenvalue weighted by atomic mass is 15.1. The van der Waals surface area contributed by atoms with Crippen molar-refractivity contribution < 1.29 is 0 Å². The minimum absolute atomic E-state index is 0.746. The molecule has 0 fully saturated rings. The van der Waals surface area contributed by atoms with Gasteiger partial charge in [-0.15, -0.1) is 0 Å². The second-order valence-electron chi connectivity index (χ2n) is 5.24. The number of hydrogen-bond acceptors (Lipinski definition) is 4. The van der Waals surface area contributed by atoms with Gasteiger partial charge in [0.25, 0.3) is 0 Å². The van der Waals surface area contributed by atoms with Gasteiger partial charge in [-0.1, -0.05) is 12.1 Å². The summed E-state index contributed by atoms with van der Waals surface area (Å²) in [5.74, 6) is 0.844. The maximum Gasteiger partial charge on any atom is 0.178 e. The van der Waals surface area contributed by atoms with E-state index in [-0.39, 0.29) is 0 Å². The zero-order valence-corrected chi connectivity index (χ0v) is 12.3. The van der Waals surface area contributed by atoms with E-state index in [0.717, 1.165) is 41.3 Å². The summed E-state index contributed by atoms with van der Waals surface area (Å²) in [6.45, 7) is 1.87. The second-order valence-corrected chi connectivity index (χ2v) is 5.24. The summed E-state index contributed by atoms with van der Waals surface area (Å²) in [7, 11) is 4.14. The van der Waals surface area contributed by atoms with Gasteiger partial charge in [-0.05, 0) is 38.4 Å². The van der Waals surface area contributed by atoms with E-state index in [1.807, 2.05) is 24.3 Å². The summed E-state index contributed by atoms with van der Waals surface area (Å²) >= 11 is 0. The Balaban J connectivity index is 1.90. The molecule has 0 atom stereocenters. The minimum Gasteiger partial charge on any atom is -0.383 e. The SMILES string of the molecule is CN(C)CCNc1ccccc1-c1nc2ncccc2[nH]1. The van der Waals surface area contributed by atoms with Crippen molar-refractivity contribution in [3.05, 3.63) is 42.6 Å². The summed E-state index contributed by atoms with van der Waals surface area (Å²) in [5, 5.41) is 3.47. The third-order valence-corrected chi connectivity index (χ3v) is 3.31. The van der Waals surface area contributed by atoms with Gasteiger partial charge in [-0.2, -0.15) is 0 Å². The summed E-state index contributed by atoms with van der Waals surface area (Å²) in [6.07, 6.45) is 1.76. The Morgan fingerprint density at radius 2 is 2.00 bits per heavy atom. The first-order chi connectivity index (χ1) is 10.2. The molecule has 3 aromatic rings. The molecule has 0 bridgehead atoms. The van der Waals surface area contributed by atoms with Gasteiger partial charge in [0.15, 0.2) is 5.65 Å². The Morgan fingerprint density at radius 1 is 1.14 bits per heavy atom. The lowest BCUT2D eigenvalue weighted by Gasteiger charge is -2.13. The molecule has 0 unspecified atom stereocenters. The number of hydrogen-bond donors (Lipinski definition) is 2. The molecule has 0 saturated carbocycles. The Kier molecular flexibility index (Phi) is 3.83. The van der Waals surface area contributed by atoms with Crippen LogP contribution in [0.4, 0.5) is 5.69 Å². The molecule has 0 radical (unpaired) electrons. The maximum atomic E-state index is 4.57. The Hall–Kier alpha value is -2.40. The highest BCUT2D eigenvalue weighted by Gasteiger charge is 2.09. The smallest absolute Gasteiger partial charge is 0.178 e. The first-order valence-electron chi connectivity index (χ1n) is 7.03. The van der Waals surface area contributed by atoms with Crippen LogP contribution in [0.15, 0.2) is 42.6 Å². The van der Waals surface area contributed by atoms with Crippen LogP contribution in [0.25, 0.3) is 22.6 Å². The number of anilines is 1. The van der Waals surface area contributed by atoms with Crippen LogP contribution in [0.2, 0.25) is 0 Å². The average Bonchev–Trinajstić information content (AvgIpc) is 2.91. The van der Waals surface area contributed by atoms with Crippen LogP contribution < -0.4 is 5.32 Å². The average molecular weight is 281 g/mol. The molecule has 3 rings (SSSR count). The van der Waals surface area contributed by atoms with Gasteiger partial charge in [0, 0.05) is 30.5 Å². The van der Waals surface area contributed by atoms with Crippen LogP contribution >= 0.6 is 0 Å². The number of para-hydroxylation sites is 1. The van der Waals surface area contributed by atoms with Gasteiger partial charge in [0.05, 0.1) is 5.52 Å². The van der Waals surface area contributed by atoms with Crippen molar-refractivity contribution in [1.29, 1.82) is 0 Å². The number of likely N-dealkylation sites (N-methyl/N-ethyl adjacent to an activating group) is 1. The van der Waals surface area contributed by atoms with Crippen LogP contribution in [0.5, 0.6) is 0 Å². The Labute approximate surface area is 124 Å². The van der Waals surface area contributed by atoms with Crippen LogP contribution in [0, 0.1) is 0 Å². The van der Waals surface area contributed by atoms with Crippen LogP contribution in [0.3, 0.4) is 0 Å². The molecule has 2 aromatic heterocycles. The molecule has 2 heterocycles. The molecule has 5 nitrogen and oxygen atoms in total. The molecule has 1 aromatic carbocycles. The molecule has 2 N–H and O–H groups in total. The highest BCUT2D eigenvalue weighted by molar-refractivity contribution is 5.80. The summed E-state index contributed by atoms with van der Waals surface area (Å²) in [6, 6.07) is 12.1. The monoisotopic (exact) mass is 281 g/mol. The number of fused-ring (bicyclic) bond motifs is 1. The largest absolute Gasteiger partial charge is 0.383 e. The standard InChI is InChI=1S/C16H19N5/c1-21(2)11-10-17-13-7-4-3-6-12(13)15-19-14-8-5-9-18-16(14)20-15/h3-9,17H,10-11H2,1-2H3,(H,18,19,20). The third kappa shape index (κ3) is 3.03. The van der Waals surface area contributed by atoms with Crippen LogP contribution in [0.1, 0.15) is 0 Å². The summed E-state index contributed by atoms with van der Waals surface area (Å²) < 4.78 is 0. The molecule has 0 aliphatic rings. The van der Waals surface area contributed by atoms with Crippen LogP contribution in [-0.4, -0.2) is 47.0 Å². The van der Waals surface area contributed by atoms with Crippen molar-refractivity contribution >= 4 is 16.9 Å². The Morgan fingerprint density at radius 3 is 2.81 bits per heavy atom. The fourth-order valence-corrected chi connectivity index (χ4v) is 2.23. The van der Waals surface area contributed by atoms with Crippen molar-refractivity contribution in [3.63, 3.8) is 0 Å². The quantitative estimate of drug-likeness (QED) is 0.755. The van der Waals surface area contributed by atoms with Crippen molar-refractivity contribution in [2.45, 2.75) is 0 Å². The van der Waals surface area contributed by atoms with E-state index in [0.29, 0.717) is 0 Å². The van der Waals surface area contributed by atoms with Gasteiger partial charge in [-0.25, -0.2) is 9.97 Å². The van der Waals surface area contributed by atoms with E-state index in [1.165, 1.54) is 0 Å². The predicted molar refractivity (Wildman–Crippen MR) is 86.4 cm³/mol. The third-order valence-electron chi connectivity index (χ3n) is 3.31. The van der Waals surface area contributed by atoms with Crippen LogP contribution in [-0.2, 0) is 0 Å². The molecule has 0 amide bonds. The predicted octanol–water partition coefficient (Wildman–Crippen LogP) is 2.60. The highest BCUT2D eigenvalue weighted by Crippen LogP contribution is 2.26. The number of H-pyrrole nitrogens is 1. The van der Waals surface area contributed by atoms with Gasteiger partial charge >= 0.3 is 0 Å². The molecular formula is C16H19N5. The number of nitrogens with zero attached hydrogens (tertiary/aromatic N) is 3. The van der Waals surface area contributed by atoms with Crippen molar-refractivity contribution in [2.75, 3.05) is 32.5 Å². The van der Waals surface area contributed by atoms with E-state index in [2.05, 4.69) is 51.4 Å². The number of pyridine rings is 1. The molecular weight excluding hydrogens is 262 g/mol. The Bertz CT molecular complexity index is 699. The number of imidazole rings is 1. The normalized spacial score (nSPS) is 11.2. The number of rotatable bonds is 5. The first kappa shape index (κ1) is 13.6. The number of nitrogens with one attached hydrogen (secondary N) is 2. The maximum absolute atomic E-state index is 4.57. The van der Waals surface area contributed by atoms with Gasteiger partial charge < -0.3 is 15.2 Å². The van der Waals surface area contributed by atoms with Crippen molar-refractivity contribution in [1.82, 2.24) is 19.9 Å². The summed E-state index contributed by atoms with van der Waals surface area (Å²) in [5.41, 5.74) is 3.85. The van der Waals surface area contributed by atoms with E-state index < -0.39 is 0 Å². The van der Waals surface area contributed by atoms with Gasteiger partial charge in [-0.3, -0.25) is 0 Å². The number of aromatic nitrogens is 3. The molecule has 21 heavy (non-hydrogen) atoms. The minimum atomic E-state index is 0.746. The summed E-state index contributed by atoms with van der Waals surface area (Å²) in [4.78, 5) is 14.3. The zero-order valence-electron chi connectivity index (χ0n) is 12.3. The van der Waals surface area contributed by atoms with E-state index in [1.54, 1.807) is 6.20 Å². The fourth-order valence-electron chi connectivity index (χ4n) is 2.23. The van der Waals surface area contributed by atoms with Crippen molar-refractivity contribution in [3.8, 4) is 11.4 Å². The fraction of sp³-hybridized carbons (Fsp3) is 0.250. The lowest BCUT2D eigenvalue weighted by Crippen LogP contribution is -2.21. The van der Waals surface area contributed by atoms with E-state index >= 15 is 0 Å². The zero-order chi connectivity index (χ0) is 14.7. The first-order valence-corrected chi connectivity index (χ1v) is 7.03. The lowest BCUT2D eigenvalue weighted by atomic mass is 10.1. The molecule has 0 saturated heterocycles. The second kappa shape index (κ2) is 5.93. The molecule has 0 aliphatic heterocycles. The van der Waals surface area contributed by atoms with Gasteiger partial charge in [0.1, 0.15) is 5.82 Å². The van der Waals surface area contributed by atoms with Gasteiger partial charge in [0.2, 0.25) is 0 Å². The topological polar surface area (TPSA) is 56.8 Å². The molecule has 0 spiro atoms. The van der Waals surface area contributed by atoms with Crippen molar-refractivity contribution in [2.24, 2.45) is 0 Å². The number of aromatic amines is 1. The molecule has 5 heteroatoms. The van der Waals surface area contributed by atoms with E-state index in [4.69, 9.17) is 0 Å². The number of benzene rings is 1. The van der Waals surface area contributed by atoms with E-state index in [9.17, 15) is 0 Å².